The summed E-state index contributed by atoms with van der Waals surface area (Å²) in [5, 5.41) is 3.45. The fourth-order valence-electron chi connectivity index (χ4n) is 3.52. The second-order valence-electron chi connectivity index (χ2n) is 7.39. The standard InChI is InChI=1S/C18H24NO2/c1-18(2,3)13-5-8-15(9-6-13)21-17-16(11-20)12-4-7-14(10-12)19-17/h5-6,8-9,12,14,16-17,19H,4,7,10H2,1-3H3. The van der Waals surface area contributed by atoms with Gasteiger partial charge in [0.25, 0.3) is 0 Å². The van der Waals surface area contributed by atoms with Gasteiger partial charge >= 0.3 is 0 Å². The van der Waals surface area contributed by atoms with E-state index in [-0.39, 0.29) is 17.6 Å². The zero-order valence-corrected chi connectivity index (χ0v) is 13.1. The summed E-state index contributed by atoms with van der Waals surface area (Å²) in [6.07, 6.45) is 5.31. The number of hydrogen-bond acceptors (Lipinski definition) is 3. The van der Waals surface area contributed by atoms with Crippen molar-refractivity contribution in [2.75, 3.05) is 0 Å². The Kier molecular flexibility index (Phi) is 3.78. The highest BCUT2D eigenvalue weighted by Crippen LogP contribution is 2.38. The number of nitrogens with one attached hydrogen (secondary N) is 1. The van der Waals surface area contributed by atoms with E-state index in [0.29, 0.717) is 12.0 Å². The summed E-state index contributed by atoms with van der Waals surface area (Å²) in [6, 6.07) is 8.71. The van der Waals surface area contributed by atoms with Gasteiger partial charge in [0, 0.05) is 6.04 Å². The molecule has 3 heteroatoms. The lowest BCUT2D eigenvalue weighted by molar-refractivity contribution is 0.0694. The van der Waals surface area contributed by atoms with Crippen LogP contribution in [-0.4, -0.2) is 18.6 Å². The molecule has 2 fully saturated rings. The van der Waals surface area contributed by atoms with E-state index in [1.807, 2.05) is 12.1 Å². The second kappa shape index (κ2) is 5.45. The van der Waals surface area contributed by atoms with Gasteiger partial charge in [-0.05, 0) is 48.3 Å². The van der Waals surface area contributed by atoms with Crippen LogP contribution in [0.25, 0.3) is 0 Å². The third-order valence-corrected chi connectivity index (χ3v) is 4.83. The molecule has 4 unspecified atom stereocenters. The van der Waals surface area contributed by atoms with Gasteiger partial charge in [-0.3, -0.25) is 10.1 Å². The van der Waals surface area contributed by atoms with Gasteiger partial charge in [0.15, 0.2) is 6.23 Å². The third-order valence-electron chi connectivity index (χ3n) is 4.83. The number of rotatable bonds is 3. The van der Waals surface area contributed by atoms with Gasteiger partial charge in [-0.2, -0.15) is 0 Å². The molecule has 21 heavy (non-hydrogen) atoms. The summed E-state index contributed by atoms with van der Waals surface area (Å²) in [4.78, 5) is 11.3. The molecule has 1 aromatic rings. The summed E-state index contributed by atoms with van der Waals surface area (Å²) < 4.78 is 6.03. The molecule has 1 saturated heterocycles. The van der Waals surface area contributed by atoms with Crippen molar-refractivity contribution >= 4 is 6.29 Å². The lowest BCUT2D eigenvalue weighted by Crippen LogP contribution is -2.51. The van der Waals surface area contributed by atoms with Crippen LogP contribution in [0.1, 0.15) is 45.6 Å². The molecule has 4 atom stereocenters. The molecule has 3 nitrogen and oxygen atoms in total. The lowest BCUT2D eigenvalue weighted by Gasteiger charge is -2.34. The fourth-order valence-corrected chi connectivity index (χ4v) is 3.52. The van der Waals surface area contributed by atoms with Gasteiger partial charge < -0.3 is 4.74 Å². The maximum atomic E-state index is 11.3. The minimum atomic E-state index is -0.228. The summed E-state index contributed by atoms with van der Waals surface area (Å²) >= 11 is 0. The van der Waals surface area contributed by atoms with E-state index in [4.69, 9.17) is 4.74 Å². The average molecular weight is 286 g/mol. The van der Waals surface area contributed by atoms with E-state index in [9.17, 15) is 4.79 Å². The van der Waals surface area contributed by atoms with Crippen molar-refractivity contribution in [3.8, 4) is 5.75 Å². The van der Waals surface area contributed by atoms with Crippen molar-refractivity contribution in [1.29, 1.82) is 0 Å². The van der Waals surface area contributed by atoms with Crippen molar-refractivity contribution in [2.45, 2.75) is 57.7 Å². The summed E-state index contributed by atoms with van der Waals surface area (Å²) in [5.74, 6) is 1.11. The Morgan fingerprint density at radius 3 is 2.52 bits per heavy atom. The minimum absolute atomic E-state index is 0.139. The van der Waals surface area contributed by atoms with Gasteiger partial charge in [-0.1, -0.05) is 32.9 Å². The molecule has 1 N–H and O–H groups in total. The molecular formula is C18H24NO2. The first kappa shape index (κ1) is 14.6. The topological polar surface area (TPSA) is 38.3 Å². The highest BCUT2D eigenvalue weighted by atomic mass is 16.5. The smallest absolute Gasteiger partial charge is 0.207 e. The number of hydrogen-bond donors (Lipinski definition) is 1. The van der Waals surface area contributed by atoms with Gasteiger partial charge in [-0.15, -0.1) is 0 Å². The van der Waals surface area contributed by atoms with Crippen LogP contribution >= 0.6 is 0 Å². The molecule has 1 saturated carbocycles. The first-order valence-electron chi connectivity index (χ1n) is 7.88. The number of carbonyl (C=O) groups excluding carboxylic acids is 1. The quantitative estimate of drug-likeness (QED) is 0.927. The molecule has 0 spiro atoms. The van der Waals surface area contributed by atoms with E-state index < -0.39 is 0 Å². The maximum Gasteiger partial charge on any atom is 0.207 e. The van der Waals surface area contributed by atoms with Crippen LogP contribution in [0.3, 0.4) is 0 Å². The molecule has 1 heterocycles. The number of ether oxygens (including phenoxy) is 1. The number of benzene rings is 1. The highest BCUT2D eigenvalue weighted by Gasteiger charge is 2.43. The largest absolute Gasteiger partial charge is 0.475 e. The minimum Gasteiger partial charge on any atom is -0.475 e. The van der Waals surface area contributed by atoms with Gasteiger partial charge in [0.1, 0.15) is 5.75 Å². The monoisotopic (exact) mass is 286 g/mol. The van der Waals surface area contributed by atoms with E-state index in [1.165, 1.54) is 5.56 Å². The molecule has 1 aliphatic heterocycles. The number of fused-ring (bicyclic) bond motifs is 2. The van der Waals surface area contributed by atoms with Crippen LogP contribution in [0.5, 0.6) is 5.75 Å². The van der Waals surface area contributed by atoms with E-state index >= 15 is 0 Å². The molecule has 1 aliphatic carbocycles. The van der Waals surface area contributed by atoms with Crippen molar-refractivity contribution in [2.24, 2.45) is 11.8 Å². The van der Waals surface area contributed by atoms with Crippen LogP contribution in [0.15, 0.2) is 24.3 Å². The highest BCUT2D eigenvalue weighted by molar-refractivity contribution is 5.56. The fraction of sp³-hybridized carbons (Fsp3) is 0.611. The Balaban J connectivity index is 1.72. The Labute approximate surface area is 127 Å². The first-order chi connectivity index (χ1) is 9.97. The molecule has 2 aliphatic rings. The van der Waals surface area contributed by atoms with Crippen LogP contribution in [0, 0.1) is 11.8 Å². The normalized spacial score (nSPS) is 32.0. The molecule has 1 aromatic carbocycles. The Morgan fingerprint density at radius 1 is 1.19 bits per heavy atom. The molecule has 0 aromatic heterocycles. The van der Waals surface area contributed by atoms with Crippen LogP contribution < -0.4 is 10.1 Å². The molecule has 3 rings (SSSR count). The van der Waals surface area contributed by atoms with Crippen LogP contribution in [0.4, 0.5) is 0 Å². The third kappa shape index (κ3) is 2.98. The maximum absolute atomic E-state index is 11.3. The van der Waals surface area contributed by atoms with Crippen molar-refractivity contribution in [1.82, 2.24) is 5.32 Å². The van der Waals surface area contributed by atoms with Crippen molar-refractivity contribution in [3.05, 3.63) is 29.8 Å². The predicted molar refractivity (Wildman–Crippen MR) is 83.0 cm³/mol. The van der Waals surface area contributed by atoms with Gasteiger partial charge in [0.2, 0.25) is 6.29 Å². The van der Waals surface area contributed by atoms with E-state index in [0.717, 1.165) is 25.0 Å². The Morgan fingerprint density at radius 2 is 1.90 bits per heavy atom. The number of piperidine rings is 1. The second-order valence-corrected chi connectivity index (χ2v) is 7.39. The van der Waals surface area contributed by atoms with Crippen molar-refractivity contribution in [3.63, 3.8) is 0 Å². The SMILES string of the molecule is CC(C)(C)c1ccc(OC2NC3CCC(C3)C2[C]=O)cc1. The molecule has 1 radical (unpaired) electrons. The predicted octanol–water partition coefficient (Wildman–Crippen LogP) is 3.19. The van der Waals surface area contributed by atoms with E-state index in [2.05, 4.69) is 44.5 Å². The van der Waals surface area contributed by atoms with Gasteiger partial charge in [0.05, 0.1) is 5.92 Å². The Bertz CT molecular complexity index is 503. The lowest BCUT2D eigenvalue weighted by atomic mass is 9.87. The zero-order chi connectivity index (χ0) is 15.0. The van der Waals surface area contributed by atoms with Crippen LogP contribution in [-0.2, 0) is 10.2 Å². The molecule has 113 valence electrons. The molecular weight excluding hydrogens is 262 g/mol. The first-order valence-corrected chi connectivity index (χ1v) is 7.88. The summed E-state index contributed by atoms with van der Waals surface area (Å²) in [6.45, 7) is 6.59. The Hall–Kier alpha value is -1.35. The summed E-state index contributed by atoms with van der Waals surface area (Å²) in [7, 11) is 0. The average Bonchev–Trinajstić information content (AvgIpc) is 2.81. The molecule has 2 bridgehead atoms. The van der Waals surface area contributed by atoms with Gasteiger partial charge in [-0.25, -0.2) is 0 Å². The summed E-state index contributed by atoms with van der Waals surface area (Å²) in [5.41, 5.74) is 1.42. The van der Waals surface area contributed by atoms with Crippen LogP contribution in [0.2, 0.25) is 0 Å². The van der Waals surface area contributed by atoms with E-state index in [1.54, 1.807) is 0 Å². The van der Waals surface area contributed by atoms with Crippen molar-refractivity contribution < 1.29 is 9.53 Å². The zero-order valence-electron chi connectivity index (χ0n) is 13.1. The molecule has 0 amide bonds.